The van der Waals surface area contributed by atoms with Crippen molar-refractivity contribution in [2.24, 2.45) is 4.99 Å². The molecule has 0 atom stereocenters. The average Bonchev–Trinajstić information content (AvgIpc) is 2.10. The third kappa shape index (κ3) is 2.04. The number of rotatable bonds is 2. The second-order valence-electron chi connectivity index (χ2n) is 2.55. The third-order valence-electron chi connectivity index (χ3n) is 1.61. The number of halogens is 1. The van der Waals surface area contributed by atoms with E-state index >= 15 is 0 Å². The molecule has 0 unspecified atom stereocenters. The van der Waals surface area contributed by atoms with Crippen LogP contribution in [-0.4, -0.2) is 11.0 Å². The smallest absolute Gasteiger partial charge is 0.258 e. The number of nitro groups is 1. The van der Waals surface area contributed by atoms with Crippen LogP contribution in [0.1, 0.15) is 5.56 Å². The standard InChI is InChI=1S/C8H5BrN2O3/c1-5-2-6(11(13)14)3-7(9)8(5)10-4-12/h2-3H,1H3. The van der Waals surface area contributed by atoms with Crippen molar-refractivity contribution in [2.75, 3.05) is 0 Å². The van der Waals surface area contributed by atoms with E-state index in [1.807, 2.05) is 0 Å². The maximum atomic E-state index is 10.5. The largest absolute Gasteiger partial charge is 0.270 e. The van der Waals surface area contributed by atoms with Crippen LogP contribution >= 0.6 is 15.9 Å². The maximum Gasteiger partial charge on any atom is 0.270 e. The quantitative estimate of drug-likeness (QED) is 0.354. The summed E-state index contributed by atoms with van der Waals surface area (Å²) in [6.07, 6.45) is 1.39. The Bertz CT molecular complexity index is 415. The Morgan fingerprint density at radius 2 is 2.21 bits per heavy atom. The number of carbonyl (C=O) groups excluding carboxylic acids is 1. The molecule has 0 saturated carbocycles. The van der Waals surface area contributed by atoms with Crippen molar-refractivity contribution < 1.29 is 9.72 Å². The zero-order valence-electron chi connectivity index (χ0n) is 7.15. The van der Waals surface area contributed by atoms with Gasteiger partial charge in [0.05, 0.1) is 15.1 Å². The number of hydrogen-bond donors (Lipinski definition) is 0. The molecule has 5 nitrogen and oxygen atoms in total. The van der Waals surface area contributed by atoms with Crippen molar-refractivity contribution in [1.29, 1.82) is 0 Å². The fourth-order valence-electron chi connectivity index (χ4n) is 1.01. The minimum absolute atomic E-state index is 0.0424. The van der Waals surface area contributed by atoms with E-state index in [4.69, 9.17) is 0 Å². The van der Waals surface area contributed by atoms with Crippen molar-refractivity contribution in [3.8, 4) is 0 Å². The Morgan fingerprint density at radius 1 is 1.57 bits per heavy atom. The van der Waals surface area contributed by atoms with Gasteiger partial charge in [-0.25, -0.2) is 4.79 Å². The van der Waals surface area contributed by atoms with Gasteiger partial charge in [-0.05, 0) is 28.4 Å². The molecule has 0 saturated heterocycles. The van der Waals surface area contributed by atoms with Gasteiger partial charge < -0.3 is 0 Å². The second-order valence-corrected chi connectivity index (χ2v) is 3.41. The van der Waals surface area contributed by atoms with Gasteiger partial charge in [0.15, 0.2) is 0 Å². The van der Waals surface area contributed by atoms with E-state index in [1.165, 1.54) is 18.2 Å². The first-order chi connectivity index (χ1) is 6.56. The molecule has 0 bridgehead atoms. The van der Waals surface area contributed by atoms with E-state index in [0.717, 1.165) is 0 Å². The summed E-state index contributed by atoms with van der Waals surface area (Å²) in [5.41, 5.74) is 0.874. The number of hydrogen-bond acceptors (Lipinski definition) is 4. The number of aryl methyl sites for hydroxylation is 1. The van der Waals surface area contributed by atoms with Crippen LogP contribution < -0.4 is 0 Å². The van der Waals surface area contributed by atoms with Gasteiger partial charge in [0.2, 0.25) is 6.08 Å². The highest BCUT2D eigenvalue weighted by Gasteiger charge is 2.12. The highest BCUT2D eigenvalue weighted by atomic mass is 79.9. The van der Waals surface area contributed by atoms with E-state index in [1.54, 1.807) is 6.92 Å². The Balaban J connectivity index is 3.39. The van der Waals surface area contributed by atoms with Crippen molar-refractivity contribution in [2.45, 2.75) is 6.92 Å². The van der Waals surface area contributed by atoms with E-state index in [9.17, 15) is 14.9 Å². The fraction of sp³-hybridized carbons (Fsp3) is 0.125. The number of aliphatic imine (C=N–C) groups is 1. The van der Waals surface area contributed by atoms with E-state index in [2.05, 4.69) is 20.9 Å². The van der Waals surface area contributed by atoms with Crippen LogP contribution in [0.5, 0.6) is 0 Å². The van der Waals surface area contributed by atoms with Gasteiger partial charge in [-0.2, -0.15) is 4.99 Å². The number of benzene rings is 1. The first kappa shape index (κ1) is 10.6. The topological polar surface area (TPSA) is 72.6 Å². The van der Waals surface area contributed by atoms with Crippen molar-refractivity contribution in [3.63, 3.8) is 0 Å². The molecule has 1 aromatic rings. The predicted octanol–water partition coefficient (Wildman–Crippen LogP) is 2.63. The van der Waals surface area contributed by atoms with Gasteiger partial charge in [-0.1, -0.05) is 0 Å². The molecule has 0 aliphatic carbocycles. The molecule has 0 amide bonds. The normalized spacial score (nSPS) is 9.29. The van der Waals surface area contributed by atoms with Crippen molar-refractivity contribution in [1.82, 2.24) is 0 Å². The highest BCUT2D eigenvalue weighted by Crippen LogP contribution is 2.32. The molecular formula is C8H5BrN2O3. The lowest BCUT2D eigenvalue weighted by Crippen LogP contribution is -1.89. The van der Waals surface area contributed by atoms with Gasteiger partial charge in [0, 0.05) is 12.1 Å². The summed E-state index contributed by atoms with van der Waals surface area (Å²) in [6.45, 7) is 1.63. The van der Waals surface area contributed by atoms with Crippen LogP contribution in [0.4, 0.5) is 11.4 Å². The summed E-state index contributed by atoms with van der Waals surface area (Å²) in [5.74, 6) is 0. The van der Waals surface area contributed by atoms with E-state index in [0.29, 0.717) is 15.7 Å². The summed E-state index contributed by atoms with van der Waals surface area (Å²) in [7, 11) is 0. The predicted molar refractivity (Wildman–Crippen MR) is 53.3 cm³/mol. The summed E-state index contributed by atoms with van der Waals surface area (Å²) < 4.78 is 0.410. The van der Waals surface area contributed by atoms with E-state index < -0.39 is 4.92 Å². The molecule has 14 heavy (non-hydrogen) atoms. The molecule has 6 heteroatoms. The summed E-state index contributed by atoms with van der Waals surface area (Å²) >= 11 is 3.09. The summed E-state index contributed by atoms with van der Waals surface area (Å²) in [6, 6.07) is 2.64. The summed E-state index contributed by atoms with van der Waals surface area (Å²) in [4.78, 5) is 23.4. The first-order valence-electron chi connectivity index (χ1n) is 3.58. The molecule has 0 N–H and O–H groups in total. The Hall–Kier alpha value is -1.52. The zero-order valence-corrected chi connectivity index (χ0v) is 8.74. The van der Waals surface area contributed by atoms with E-state index in [-0.39, 0.29) is 5.69 Å². The van der Waals surface area contributed by atoms with Crippen LogP contribution in [0.25, 0.3) is 0 Å². The van der Waals surface area contributed by atoms with Crippen LogP contribution in [0.15, 0.2) is 21.6 Å². The lowest BCUT2D eigenvalue weighted by Gasteiger charge is -2.00. The number of nitro benzene ring substituents is 1. The van der Waals surface area contributed by atoms with Gasteiger partial charge in [0.1, 0.15) is 0 Å². The lowest BCUT2D eigenvalue weighted by atomic mass is 10.2. The molecule has 0 heterocycles. The van der Waals surface area contributed by atoms with Crippen LogP contribution in [0, 0.1) is 17.0 Å². The van der Waals surface area contributed by atoms with Crippen LogP contribution in [-0.2, 0) is 4.79 Å². The minimum Gasteiger partial charge on any atom is -0.258 e. The number of isocyanates is 1. The maximum absolute atomic E-state index is 10.5. The summed E-state index contributed by atoms with van der Waals surface area (Å²) in [5, 5.41) is 10.5. The average molecular weight is 257 g/mol. The molecule has 0 fully saturated rings. The van der Waals surface area contributed by atoms with Crippen LogP contribution in [0.3, 0.4) is 0 Å². The second kappa shape index (κ2) is 4.13. The van der Waals surface area contributed by atoms with Gasteiger partial charge >= 0.3 is 0 Å². The lowest BCUT2D eigenvalue weighted by molar-refractivity contribution is -0.385. The number of non-ortho nitro benzene ring substituents is 1. The fourth-order valence-corrected chi connectivity index (χ4v) is 1.65. The molecule has 0 aliphatic heterocycles. The molecular weight excluding hydrogens is 252 g/mol. The Kier molecular flexibility index (Phi) is 3.11. The third-order valence-corrected chi connectivity index (χ3v) is 2.21. The molecule has 1 aromatic carbocycles. The van der Waals surface area contributed by atoms with Gasteiger partial charge in [0.25, 0.3) is 5.69 Å². The van der Waals surface area contributed by atoms with Gasteiger partial charge in [-0.15, -0.1) is 0 Å². The molecule has 0 radical (unpaired) electrons. The molecule has 1 rings (SSSR count). The number of nitrogens with zero attached hydrogens (tertiary/aromatic N) is 2. The van der Waals surface area contributed by atoms with Crippen molar-refractivity contribution in [3.05, 3.63) is 32.3 Å². The molecule has 0 spiro atoms. The Labute approximate surface area is 87.7 Å². The Morgan fingerprint density at radius 3 is 2.64 bits per heavy atom. The minimum atomic E-state index is -0.508. The van der Waals surface area contributed by atoms with Gasteiger partial charge in [-0.3, -0.25) is 10.1 Å². The molecule has 72 valence electrons. The van der Waals surface area contributed by atoms with Crippen molar-refractivity contribution >= 4 is 33.4 Å². The zero-order chi connectivity index (χ0) is 10.7. The monoisotopic (exact) mass is 256 g/mol. The van der Waals surface area contributed by atoms with Crippen LogP contribution in [0.2, 0.25) is 0 Å². The first-order valence-corrected chi connectivity index (χ1v) is 4.38. The highest BCUT2D eigenvalue weighted by molar-refractivity contribution is 9.10. The molecule has 0 aliphatic rings. The SMILES string of the molecule is Cc1cc([N+](=O)[O-])cc(Br)c1N=C=O. The molecule has 0 aromatic heterocycles.